The normalized spacial score (nSPS) is 11.3. The van der Waals surface area contributed by atoms with Gasteiger partial charge in [0.05, 0.1) is 6.20 Å². The first-order chi connectivity index (χ1) is 12.8. The Balaban J connectivity index is 1.98. The first-order valence-electron chi connectivity index (χ1n) is 8.09. The van der Waals surface area contributed by atoms with Crippen LogP contribution < -0.4 is 21.1 Å². The number of anilines is 1. The maximum atomic E-state index is 12.9. The number of primary amides is 1. The summed E-state index contributed by atoms with van der Waals surface area (Å²) in [6.07, 6.45) is 1.42. The van der Waals surface area contributed by atoms with Crippen LogP contribution in [0.15, 0.2) is 42.6 Å². The lowest BCUT2D eigenvalue weighted by Gasteiger charge is -2.16. The second-order valence-corrected chi connectivity index (χ2v) is 5.68. The summed E-state index contributed by atoms with van der Waals surface area (Å²) in [4.78, 5) is 38.5. The molecule has 1 atom stereocenters. The number of carbonyl (C=O) groups is 3. The average molecular weight is 374 g/mol. The van der Waals surface area contributed by atoms with Crippen LogP contribution in [0.2, 0.25) is 0 Å². The Labute approximate surface area is 154 Å². The number of hydrogen-bond acceptors (Lipinski definition) is 5. The van der Waals surface area contributed by atoms with E-state index in [-0.39, 0.29) is 24.5 Å². The average Bonchev–Trinajstić information content (AvgIpc) is 2.61. The quantitative estimate of drug-likeness (QED) is 0.649. The van der Waals surface area contributed by atoms with Crippen LogP contribution in [0.5, 0.6) is 11.5 Å². The van der Waals surface area contributed by atoms with E-state index in [2.05, 4.69) is 15.6 Å². The fourth-order valence-corrected chi connectivity index (χ4v) is 2.17. The molecule has 2 rings (SSSR count). The van der Waals surface area contributed by atoms with Crippen molar-refractivity contribution in [3.8, 4) is 11.5 Å². The molecule has 0 unspecified atom stereocenters. The van der Waals surface area contributed by atoms with Crippen LogP contribution in [0.1, 0.15) is 19.8 Å². The molecule has 0 aliphatic carbocycles. The van der Waals surface area contributed by atoms with E-state index in [4.69, 9.17) is 10.5 Å². The highest BCUT2D eigenvalue weighted by Crippen LogP contribution is 2.21. The maximum Gasteiger partial charge on any atom is 0.248 e. The number of ether oxygens (including phenoxy) is 1. The van der Waals surface area contributed by atoms with Crippen molar-refractivity contribution in [3.63, 3.8) is 0 Å². The van der Waals surface area contributed by atoms with Crippen LogP contribution in [-0.2, 0) is 14.4 Å². The first-order valence-corrected chi connectivity index (χ1v) is 8.09. The van der Waals surface area contributed by atoms with Gasteiger partial charge in [0.1, 0.15) is 29.2 Å². The minimum atomic E-state index is -0.910. The Morgan fingerprint density at radius 3 is 2.37 bits per heavy atom. The minimum absolute atomic E-state index is 0.0454. The topological polar surface area (TPSA) is 123 Å². The van der Waals surface area contributed by atoms with E-state index in [0.717, 1.165) is 0 Å². The number of nitrogens with two attached hydrogens (primary N) is 1. The predicted octanol–water partition coefficient (Wildman–Crippen LogP) is 1.72. The largest absolute Gasteiger partial charge is 0.456 e. The van der Waals surface area contributed by atoms with Gasteiger partial charge in [-0.1, -0.05) is 0 Å². The molecule has 0 saturated carbocycles. The zero-order valence-electron chi connectivity index (χ0n) is 14.6. The van der Waals surface area contributed by atoms with Gasteiger partial charge >= 0.3 is 0 Å². The smallest absolute Gasteiger partial charge is 0.248 e. The van der Waals surface area contributed by atoms with E-state index in [1.807, 2.05) is 0 Å². The molecule has 27 heavy (non-hydrogen) atoms. The lowest BCUT2D eigenvalue weighted by Crippen LogP contribution is -2.43. The highest BCUT2D eigenvalue weighted by molar-refractivity contribution is 5.96. The summed E-state index contributed by atoms with van der Waals surface area (Å²) in [7, 11) is 0. The third kappa shape index (κ3) is 6.73. The summed E-state index contributed by atoms with van der Waals surface area (Å²) >= 11 is 0. The summed E-state index contributed by atoms with van der Waals surface area (Å²) in [5, 5.41) is 5.01. The van der Waals surface area contributed by atoms with Gasteiger partial charge in [-0.15, -0.1) is 0 Å². The second-order valence-electron chi connectivity index (χ2n) is 5.68. The molecule has 1 aromatic heterocycles. The van der Waals surface area contributed by atoms with Crippen LogP contribution in [0, 0.1) is 5.82 Å². The Morgan fingerprint density at radius 2 is 1.81 bits per heavy atom. The third-order valence-corrected chi connectivity index (χ3v) is 3.41. The van der Waals surface area contributed by atoms with Gasteiger partial charge in [0.25, 0.3) is 0 Å². The molecule has 4 N–H and O–H groups in total. The number of pyridine rings is 1. The van der Waals surface area contributed by atoms with E-state index < -0.39 is 23.8 Å². The van der Waals surface area contributed by atoms with Crippen molar-refractivity contribution in [2.45, 2.75) is 25.8 Å². The van der Waals surface area contributed by atoms with Gasteiger partial charge < -0.3 is 21.1 Å². The van der Waals surface area contributed by atoms with Gasteiger partial charge in [0.15, 0.2) is 0 Å². The molecule has 0 radical (unpaired) electrons. The Kier molecular flexibility index (Phi) is 6.81. The minimum Gasteiger partial charge on any atom is -0.456 e. The fourth-order valence-electron chi connectivity index (χ4n) is 2.17. The van der Waals surface area contributed by atoms with Crippen molar-refractivity contribution in [2.75, 3.05) is 5.32 Å². The zero-order chi connectivity index (χ0) is 19.8. The number of benzene rings is 1. The van der Waals surface area contributed by atoms with Gasteiger partial charge in [-0.05, 0) is 42.8 Å². The number of nitrogens with zero attached hydrogens (tertiary/aromatic N) is 1. The molecule has 0 spiro atoms. The van der Waals surface area contributed by atoms with Crippen LogP contribution in [0.25, 0.3) is 0 Å². The van der Waals surface area contributed by atoms with Crippen molar-refractivity contribution in [1.29, 1.82) is 0 Å². The summed E-state index contributed by atoms with van der Waals surface area (Å²) in [6.45, 7) is 1.27. The molecule has 0 bridgehead atoms. The predicted molar refractivity (Wildman–Crippen MR) is 95.4 cm³/mol. The summed E-state index contributed by atoms with van der Waals surface area (Å²) in [5.74, 6) is -0.802. The number of hydrogen-bond donors (Lipinski definition) is 3. The molecule has 1 heterocycles. The fraction of sp³-hybridized carbons (Fsp3) is 0.222. The molecule has 3 amide bonds. The van der Waals surface area contributed by atoms with Crippen LogP contribution >= 0.6 is 0 Å². The highest BCUT2D eigenvalue weighted by atomic mass is 19.1. The Morgan fingerprint density at radius 1 is 1.15 bits per heavy atom. The lowest BCUT2D eigenvalue weighted by atomic mass is 10.1. The van der Waals surface area contributed by atoms with E-state index in [0.29, 0.717) is 11.5 Å². The molecular weight excluding hydrogens is 355 g/mol. The molecule has 2 aromatic rings. The van der Waals surface area contributed by atoms with Crippen LogP contribution in [0.4, 0.5) is 10.2 Å². The summed E-state index contributed by atoms with van der Waals surface area (Å²) in [5.41, 5.74) is 5.08. The summed E-state index contributed by atoms with van der Waals surface area (Å²) in [6, 6.07) is 7.66. The molecule has 1 aromatic carbocycles. The van der Waals surface area contributed by atoms with Crippen LogP contribution in [0.3, 0.4) is 0 Å². The van der Waals surface area contributed by atoms with Crippen molar-refractivity contribution in [3.05, 3.63) is 48.4 Å². The van der Waals surface area contributed by atoms with E-state index >= 15 is 0 Å². The Hall–Kier alpha value is -3.49. The molecule has 0 fully saturated rings. The van der Waals surface area contributed by atoms with Crippen molar-refractivity contribution < 1.29 is 23.5 Å². The van der Waals surface area contributed by atoms with E-state index in [1.165, 1.54) is 43.5 Å². The number of amides is 3. The van der Waals surface area contributed by atoms with Crippen LogP contribution in [-0.4, -0.2) is 28.7 Å². The van der Waals surface area contributed by atoms with Gasteiger partial charge in [0, 0.05) is 13.3 Å². The molecule has 8 nitrogen and oxygen atoms in total. The molecule has 0 saturated heterocycles. The number of rotatable bonds is 8. The number of halogens is 1. The van der Waals surface area contributed by atoms with Crippen molar-refractivity contribution in [1.82, 2.24) is 10.3 Å². The second kappa shape index (κ2) is 9.27. The van der Waals surface area contributed by atoms with E-state index in [9.17, 15) is 18.8 Å². The number of aromatic nitrogens is 1. The molecule has 142 valence electrons. The third-order valence-electron chi connectivity index (χ3n) is 3.41. The zero-order valence-corrected chi connectivity index (χ0v) is 14.6. The van der Waals surface area contributed by atoms with Gasteiger partial charge in [-0.2, -0.15) is 0 Å². The number of carbonyl (C=O) groups excluding carboxylic acids is 3. The van der Waals surface area contributed by atoms with Gasteiger partial charge in [-0.25, -0.2) is 9.37 Å². The Bertz CT molecular complexity index is 809. The lowest BCUT2D eigenvalue weighted by molar-refractivity contribution is -0.126. The molecule has 0 aliphatic rings. The molecular formula is C18H19FN4O4. The monoisotopic (exact) mass is 374 g/mol. The molecule has 9 heteroatoms. The standard InChI is InChI=1S/C18H19FN4O4/c1-11(24)22-15(7-8-16(20)25)18(26)23-17-9-6-14(10-21-17)27-13-4-2-12(19)3-5-13/h2-6,9-10,15H,7-8H2,1H3,(H2,20,25)(H,22,24)(H,21,23,26)/t15-/m0/s1. The van der Waals surface area contributed by atoms with E-state index in [1.54, 1.807) is 6.07 Å². The summed E-state index contributed by atoms with van der Waals surface area (Å²) < 4.78 is 18.4. The van der Waals surface area contributed by atoms with Gasteiger partial charge in [-0.3, -0.25) is 14.4 Å². The first kappa shape index (κ1) is 19.8. The highest BCUT2D eigenvalue weighted by Gasteiger charge is 2.20. The van der Waals surface area contributed by atoms with Crippen molar-refractivity contribution in [2.24, 2.45) is 5.73 Å². The van der Waals surface area contributed by atoms with Crippen molar-refractivity contribution >= 4 is 23.5 Å². The van der Waals surface area contributed by atoms with Gasteiger partial charge in [0.2, 0.25) is 17.7 Å². The maximum absolute atomic E-state index is 12.9. The number of nitrogens with one attached hydrogen (secondary N) is 2. The molecule has 0 aliphatic heterocycles. The SMILES string of the molecule is CC(=O)N[C@@H](CCC(N)=O)C(=O)Nc1ccc(Oc2ccc(F)cc2)cn1.